The zero-order chi connectivity index (χ0) is 26.4. The van der Waals surface area contributed by atoms with Crippen LogP contribution >= 0.6 is 34.4 Å². The summed E-state index contributed by atoms with van der Waals surface area (Å²) >= 11 is 3.04. The van der Waals surface area contributed by atoms with Crippen LogP contribution in [-0.2, 0) is 9.59 Å². The van der Waals surface area contributed by atoms with Crippen molar-refractivity contribution in [1.29, 1.82) is 0 Å². The van der Waals surface area contributed by atoms with Gasteiger partial charge in [-0.3, -0.25) is 19.3 Å². The zero-order valence-electron chi connectivity index (χ0n) is 20.4. The molecule has 10 heteroatoms. The van der Waals surface area contributed by atoms with Gasteiger partial charge in [-0.15, -0.1) is 0 Å². The molecule has 0 aromatic heterocycles. The summed E-state index contributed by atoms with van der Waals surface area (Å²) in [5.74, 6) is 0.158. The molecular weight excluding hydrogens is 610 g/mol. The highest BCUT2D eigenvalue weighted by Crippen LogP contribution is 2.38. The van der Waals surface area contributed by atoms with E-state index in [-0.39, 0.29) is 23.6 Å². The summed E-state index contributed by atoms with van der Waals surface area (Å²) in [5, 5.41) is 2.42. The van der Waals surface area contributed by atoms with E-state index >= 15 is 0 Å². The molecule has 1 N–H and O–H groups in total. The number of thioether (sulfide) groups is 1. The molecule has 3 amide bonds. The fourth-order valence-electron chi connectivity index (χ4n) is 4.38. The molecular formula is C27H28FIN2O5S. The average Bonchev–Trinajstić information content (AvgIpc) is 3.13. The number of hydrogen-bond donors (Lipinski definition) is 1. The summed E-state index contributed by atoms with van der Waals surface area (Å²) in [6.07, 6.45) is 7.33. The molecule has 0 spiro atoms. The summed E-state index contributed by atoms with van der Waals surface area (Å²) in [7, 11) is 0. The molecule has 0 unspecified atom stereocenters. The van der Waals surface area contributed by atoms with E-state index in [1.54, 1.807) is 12.1 Å². The molecule has 2 fully saturated rings. The summed E-state index contributed by atoms with van der Waals surface area (Å²) in [5.41, 5.74) is 1.15. The van der Waals surface area contributed by atoms with Crippen molar-refractivity contribution in [3.05, 3.63) is 56.3 Å². The third-order valence-corrected chi connectivity index (χ3v) is 7.85. The predicted molar refractivity (Wildman–Crippen MR) is 150 cm³/mol. The van der Waals surface area contributed by atoms with Gasteiger partial charge in [0.1, 0.15) is 5.82 Å². The van der Waals surface area contributed by atoms with Crippen LogP contribution in [0, 0.1) is 15.3 Å². The molecule has 0 radical (unpaired) electrons. The highest BCUT2D eigenvalue weighted by atomic mass is 127. The minimum Gasteiger partial charge on any atom is -0.490 e. The van der Waals surface area contributed by atoms with Gasteiger partial charge in [-0.25, -0.2) is 4.39 Å². The number of nitrogens with one attached hydrogen (secondary N) is 1. The number of carbonyl (C=O) groups excluding carboxylic acids is 3. The van der Waals surface area contributed by atoms with Gasteiger partial charge in [0.2, 0.25) is 0 Å². The molecule has 1 aliphatic heterocycles. The van der Waals surface area contributed by atoms with Crippen LogP contribution in [0.5, 0.6) is 11.5 Å². The first-order valence-corrected chi connectivity index (χ1v) is 14.1. The van der Waals surface area contributed by atoms with Crippen molar-refractivity contribution < 1.29 is 28.2 Å². The van der Waals surface area contributed by atoms with Crippen molar-refractivity contribution in [2.75, 3.05) is 25.1 Å². The van der Waals surface area contributed by atoms with E-state index in [4.69, 9.17) is 9.47 Å². The molecule has 2 aromatic rings. The van der Waals surface area contributed by atoms with Crippen LogP contribution in [0.1, 0.15) is 44.6 Å². The van der Waals surface area contributed by atoms with Crippen molar-refractivity contribution >= 4 is 63.2 Å². The molecule has 0 atom stereocenters. The first-order valence-electron chi connectivity index (χ1n) is 12.2. The first-order chi connectivity index (χ1) is 17.8. The number of rotatable bonds is 9. The van der Waals surface area contributed by atoms with Crippen LogP contribution in [-0.4, -0.2) is 41.7 Å². The minimum absolute atomic E-state index is 0.228. The number of nitrogens with zero attached hydrogens (tertiary/aromatic N) is 1. The third-order valence-electron chi connectivity index (χ3n) is 6.14. The number of imide groups is 1. The second-order valence-electron chi connectivity index (χ2n) is 8.90. The average molecular weight is 638 g/mol. The van der Waals surface area contributed by atoms with Crippen molar-refractivity contribution in [2.45, 2.75) is 39.0 Å². The van der Waals surface area contributed by atoms with E-state index in [1.165, 1.54) is 35.6 Å². The maximum Gasteiger partial charge on any atom is 0.293 e. The fourth-order valence-corrected chi connectivity index (χ4v) is 6.01. The molecule has 196 valence electrons. The summed E-state index contributed by atoms with van der Waals surface area (Å²) in [4.78, 5) is 39.6. The van der Waals surface area contributed by atoms with Gasteiger partial charge in [-0.1, -0.05) is 19.3 Å². The quantitative estimate of drug-likeness (QED) is 0.251. The van der Waals surface area contributed by atoms with Gasteiger partial charge in [-0.05, 0) is 108 Å². The topological polar surface area (TPSA) is 84.9 Å². The Morgan fingerprint density at radius 3 is 2.59 bits per heavy atom. The monoisotopic (exact) mass is 638 g/mol. The Morgan fingerprint density at radius 2 is 1.89 bits per heavy atom. The number of anilines is 1. The Bertz CT molecular complexity index is 1200. The maximum absolute atomic E-state index is 13.1. The van der Waals surface area contributed by atoms with Crippen LogP contribution in [0.2, 0.25) is 0 Å². The standard InChI is InChI=1S/C27H28FIN2O5S/c1-2-35-22-13-18(14-23-26(33)31(27(34)37-23)15-17-6-4-3-5-7-17)12-21(29)25(22)36-16-24(32)30-20-10-8-19(28)9-11-20/h8-14,17H,2-7,15-16H2,1H3,(H,30,32)/b23-14+. The highest BCUT2D eigenvalue weighted by Gasteiger charge is 2.36. The van der Waals surface area contributed by atoms with Gasteiger partial charge in [0, 0.05) is 12.2 Å². The Morgan fingerprint density at radius 1 is 1.16 bits per heavy atom. The van der Waals surface area contributed by atoms with Crippen LogP contribution in [0.4, 0.5) is 14.9 Å². The van der Waals surface area contributed by atoms with Gasteiger partial charge >= 0.3 is 0 Å². The largest absolute Gasteiger partial charge is 0.490 e. The number of hydrogen-bond acceptors (Lipinski definition) is 6. The predicted octanol–water partition coefficient (Wildman–Crippen LogP) is 6.46. The van der Waals surface area contributed by atoms with Crippen molar-refractivity contribution in [2.24, 2.45) is 5.92 Å². The lowest BCUT2D eigenvalue weighted by Crippen LogP contribution is -2.34. The Kier molecular flexibility index (Phi) is 9.47. The number of amides is 3. The van der Waals surface area contributed by atoms with Gasteiger partial charge < -0.3 is 14.8 Å². The van der Waals surface area contributed by atoms with Crippen LogP contribution in [0.15, 0.2) is 41.3 Å². The van der Waals surface area contributed by atoms with Gasteiger partial charge in [0.25, 0.3) is 17.1 Å². The smallest absolute Gasteiger partial charge is 0.293 e. The summed E-state index contributed by atoms with van der Waals surface area (Å²) in [6, 6.07) is 8.99. The number of halogens is 2. The van der Waals surface area contributed by atoms with E-state index < -0.39 is 5.91 Å². The molecule has 1 saturated heterocycles. The van der Waals surface area contributed by atoms with Gasteiger partial charge in [0.05, 0.1) is 15.1 Å². The number of ether oxygens (including phenoxy) is 2. The second-order valence-corrected chi connectivity index (χ2v) is 11.1. The molecule has 7 nitrogen and oxygen atoms in total. The second kappa shape index (κ2) is 12.8. The van der Waals surface area contributed by atoms with Crippen LogP contribution in [0.25, 0.3) is 6.08 Å². The van der Waals surface area contributed by atoms with E-state index in [2.05, 4.69) is 27.9 Å². The maximum atomic E-state index is 13.1. The Hall–Kier alpha value is -2.60. The fraction of sp³-hybridized carbons (Fsp3) is 0.370. The van der Waals surface area contributed by atoms with E-state index in [0.29, 0.717) is 50.3 Å². The van der Waals surface area contributed by atoms with Crippen molar-refractivity contribution in [3.63, 3.8) is 0 Å². The van der Waals surface area contributed by atoms with E-state index in [0.717, 1.165) is 37.4 Å². The normalized spacial score (nSPS) is 17.4. The minimum atomic E-state index is -0.402. The van der Waals surface area contributed by atoms with E-state index in [1.807, 2.05) is 13.0 Å². The molecule has 1 heterocycles. The number of benzene rings is 2. The van der Waals surface area contributed by atoms with Crippen molar-refractivity contribution in [3.8, 4) is 11.5 Å². The van der Waals surface area contributed by atoms with Crippen LogP contribution in [0.3, 0.4) is 0 Å². The zero-order valence-corrected chi connectivity index (χ0v) is 23.4. The summed E-state index contributed by atoms with van der Waals surface area (Å²) in [6.45, 7) is 2.42. The lowest BCUT2D eigenvalue weighted by atomic mass is 9.89. The first kappa shape index (κ1) is 27.4. The SMILES string of the molecule is CCOc1cc(/C=C2/SC(=O)N(CC3CCCCC3)C2=O)cc(I)c1OCC(=O)Nc1ccc(F)cc1. The van der Waals surface area contributed by atoms with Gasteiger partial charge in [0.15, 0.2) is 18.1 Å². The molecule has 1 aliphatic carbocycles. The summed E-state index contributed by atoms with van der Waals surface area (Å²) < 4.78 is 25.3. The Labute approximate surface area is 233 Å². The van der Waals surface area contributed by atoms with Gasteiger partial charge in [-0.2, -0.15) is 0 Å². The number of carbonyl (C=O) groups is 3. The lowest BCUT2D eigenvalue weighted by molar-refractivity contribution is -0.123. The van der Waals surface area contributed by atoms with Crippen molar-refractivity contribution in [1.82, 2.24) is 4.90 Å². The molecule has 2 aromatic carbocycles. The lowest BCUT2D eigenvalue weighted by Gasteiger charge is -2.25. The molecule has 37 heavy (non-hydrogen) atoms. The molecule has 2 aliphatic rings. The highest BCUT2D eigenvalue weighted by molar-refractivity contribution is 14.1. The van der Waals surface area contributed by atoms with Crippen LogP contribution < -0.4 is 14.8 Å². The molecule has 1 saturated carbocycles. The molecule has 4 rings (SSSR count). The van der Waals surface area contributed by atoms with E-state index in [9.17, 15) is 18.8 Å². The third kappa shape index (κ3) is 7.25. The Balaban J connectivity index is 1.45. The molecule has 0 bridgehead atoms.